The number of fused-ring (bicyclic) bond motifs is 1. The van der Waals surface area contributed by atoms with Gasteiger partial charge in [0.05, 0.1) is 0 Å². The molecule has 3 unspecified atom stereocenters. The van der Waals surface area contributed by atoms with Gasteiger partial charge < -0.3 is 11.1 Å². The van der Waals surface area contributed by atoms with Crippen LogP contribution in [-0.4, -0.2) is 18.5 Å². The molecule has 2 saturated carbocycles. The largest absolute Gasteiger partial charge is 0.354 e. The van der Waals surface area contributed by atoms with E-state index in [1.807, 2.05) is 6.92 Å². The minimum Gasteiger partial charge on any atom is -0.354 e. The number of amides is 1. The molecule has 0 bridgehead atoms. The number of carbonyl (C=O) groups is 1. The van der Waals surface area contributed by atoms with Crippen LogP contribution in [0.25, 0.3) is 0 Å². The molecule has 0 aromatic rings. The average Bonchev–Trinajstić information content (AvgIpc) is 2.99. The minimum atomic E-state index is 0.120. The van der Waals surface area contributed by atoms with Gasteiger partial charge in [-0.15, -0.1) is 0 Å². The molecular formula is C12H22N2O. The summed E-state index contributed by atoms with van der Waals surface area (Å²) in [6.07, 6.45) is 6.10. The highest BCUT2D eigenvalue weighted by atomic mass is 16.2. The summed E-state index contributed by atoms with van der Waals surface area (Å²) >= 11 is 0. The van der Waals surface area contributed by atoms with Crippen molar-refractivity contribution in [3.8, 4) is 0 Å². The summed E-state index contributed by atoms with van der Waals surface area (Å²) in [7, 11) is 0. The predicted octanol–water partition coefficient (Wildman–Crippen LogP) is 1.28. The Hall–Kier alpha value is -0.570. The van der Waals surface area contributed by atoms with Crippen LogP contribution in [0, 0.1) is 17.8 Å². The maximum atomic E-state index is 11.8. The fraction of sp³-hybridized carbons (Fsp3) is 0.917. The standard InChI is InChI=1S/C12H22N2O/c1-2-8(13)7-14-12(15)11-9-5-3-4-6-10(9)11/h8-11H,2-7,13H2,1H3,(H,14,15). The number of hydrogen-bond donors (Lipinski definition) is 2. The molecule has 0 radical (unpaired) electrons. The number of rotatable bonds is 4. The van der Waals surface area contributed by atoms with E-state index in [0.29, 0.717) is 24.3 Å². The lowest BCUT2D eigenvalue weighted by Gasteiger charge is -2.09. The maximum absolute atomic E-state index is 11.8. The molecule has 0 aromatic carbocycles. The molecule has 3 atom stereocenters. The normalized spacial score (nSPS) is 35.5. The van der Waals surface area contributed by atoms with Crippen molar-refractivity contribution in [1.82, 2.24) is 5.32 Å². The lowest BCUT2D eigenvalue weighted by molar-refractivity contribution is -0.122. The van der Waals surface area contributed by atoms with E-state index in [9.17, 15) is 4.79 Å². The van der Waals surface area contributed by atoms with Gasteiger partial charge in [0.25, 0.3) is 0 Å². The molecule has 0 heterocycles. The van der Waals surface area contributed by atoms with Crippen molar-refractivity contribution in [2.75, 3.05) is 6.54 Å². The van der Waals surface area contributed by atoms with E-state index >= 15 is 0 Å². The zero-order valence-corrected chi connectivity index (χ0v) is 9.54. The molecule has 86 valence electrons. The van der Waals surface area contributed by atoms with Crippen LogP contribution >= 0.6 is 0 Å². The summed E-state index contributed by atoms with van der Waals surface area (Å²) in [6, 6.07) is 0.120. The zero-order valence-electron chi connectivity index (χ0n) is 9.54. The van der Waals surface area contributed by atoms with Crippen molar-refractivity contribution in [3.05, 3.63) is 0 Å². The molecule has 0 aliphatic heterocycles. The van der Waals surface area contributed by atoms with Crippen molar-refractivity contribution >= 4 is 5.91 Å². The fourth-order valence-electron chi connectivity index (χ4n) is 2.88. The molecule has 0 aromatic heterocycles. The van der Waals surface area contributed by atoms with Gasteiger partial charge in [-0.25, -0.2) is 0 Å². The van der Waals surface area contributed by atoms with Crippen LogP contribution in [0.15, 0.2) is 0 Å². The SMILES string of the molecule is CCC(N)CNC(=O)C1C2CCCCC21. The first kappa shape index (κ1) is 10.9. The molecule has 2 rings (SSSR count). The van der Waals surface area contributed by atoms with Gasteiger partial charge in [-0.1, -0.05) is 19.8 Å². The van der Waals surface area contributed by atoms with Crippen LogP contribution in [-0.2, 0) is 4.79 Å². The van der Waals surface area contributed by atoms with E-state index in [-0.39, 0.29) is 11.9 Å². The Bertz CT molecular complexity index is 230. The molecule has 3 N–H and O–H groups in total. The molecule has 2 aliphatic carbocycles. The highest BCUT2D eigenvalue weighted by Gasteiger charge is 2.54. The Kier molecular flexibility index (Phi) is 3.29. The van der Waals surface area contributed by atoms with Gasteiger partial charge in [0.15, 0.2) is 0 Å². The van der Waals surface area contributed by atoms with E-state index in [4.69, 9.17) is 5.73 Å². The van der Waals surface area contributed by atoms with E-state index < -0.39 is 0 Å². The van der Waals surface area contributed by atoms with Crippen LogP contribution in [0.2, 0.25) is 0 Å². The second-order valence-corrected chi connectivity index (χ2v) is 5.05. The Morgan fingerprint density at radius 2 is 2.00 bits per heavy atom. The van der Waals surface area contributed by atoms with Crippen molar-refractivity contribution < 1.29 is 4.79 Å². The van der Waals surface area contributed by atoms with Gasteiger partial charge in [0.2, 0.25) is 5.91 Å². The maximum Gasteiger partial charge on any atom is 0.223 e. The van der Waals surface area contributed by atoms with Crippen LogP contribution in [0.3, 0.4) is 0 Å². The Morgan fingerprint density at radius 1 is 1.40 bits per heavy atom. The first-order valence-corrected chi connectivity index (χ1v) is 6.27. The predicted molar refractivity (Wildman–Crippen MR) is 60.2 cm³/mol. The lowest BCUT2D eigenvalue weighted by atomic mass is 10.0. The minimum absolute atomic E-state index is 0.120. The fourth-order valence-corrected chi connectivity index (χ4v) is 2.88. The van der Waals surface area contributed by atoms with Crippen molar-refractivity contribution in [1.29, 1.82) is 0 Å². The molecule has 15 heavy (non-hydrogen) atoms. The van der Waals surface area contributed by atoms with Crippen LogP contribution in [0.5, 0.6) is 0 Å². The van der Waals surface area contributed by atoms with Crippen LogP contribution in [0.4, 0.5) is 0 Å². The Morgan fingerprint density at radius 3 is 2.53 bits per heavy atom. The molecule has 2 fully saturated rings. The molecule has 1 amide bonds. The van der Waals surface area contributed by atoms with Gasteiger partial charge in [0, 0.05) is 18.5 Å². The van der Waals surface area contributed by atoms with E-state index in [0.717, 1.165) is 6.42 Å². The molecule has 3 nitrogen and oxygen atoms in total. The van der Waals surface area contributed by atoms with Gasteiger partial charge in [-0.05, 0) is 31.1 Å². The molecule has 0 spiro atoms. The first-order chi connectivity index (χ1) is 7.24. The summed E-state index contributed by atoms with van der Waals surface area (Å²) in [4.78, 5) is 11.8. The Balaban J connectivity index is 1.73. The molecule has 3 heteroatoms. The third-order valence-electron chi connectivity index (χ3n) is 4.02. The van der Waals surface area contributed by atoms with Crippen molar-refractivity contribution in [3.63, 3.8) is 0 Å². The van der Waals surface area contributed by atoms with Gasteiger partial charge in [-0.3, -0.25) is 4.79 Å². The van der Waals surface area contributed by atoms with Crippen LogP contribution in [0.1, 0.15) is 39.0 Å². The second-order valence-electron chi connectivity index (χ2n) is 5.05. The van der Waals surface area contributed by atoms with Gasteiger partial charge in [0.1, 0.15) is 0 Å². The van der Waals surface area contributed by atoms with Crippen molar-refractivity contribution in [2.45, 2.75) is 45.1 Å². The van der Waals surface area contributed by atoms with E-state index in [1.54, 1.807) is 0 Å². The average molecular weight is 210 g/mol. The lowest BCUT2D eigenvalue weighted by Crippen LogP contribution is -2.37. The van der Waals surface area contributed by atoms with E-state index in [1.165, 1.54) is 25.7 Å². The zero-order chi connectivity index (χ0) is 10.8. The monoisotopic (exact) mass is 210 g/mol. The number of nitrogens with two attached hydrogens (primary N) is 1. The second kappa shape index (κ2) is 4.52. The summed E-state index contributed by atoms with van der Waals surface area (Å²) < 4.78 is 0. The van der Waals surface area contributed by atoms with Gasteiger partial charge >= 0.3 is 0 Å². The quantitative estimate of drug-likeness (QED) is 0.734. The number of carbonyl (C=O) groups excluding carboxylic acids is 1. The number of hydrogen-bond acceptors (Lipinski definition) is 2. The van der Waals surface area contributed by atoms with Crippen molar-refractivity contribution in [2.24, 2.45) is 23.5 Å². The summed E-state index contributed by atoms with van der Waals surface area (Å²) in [5.41, 5.74) is 5.77. The topological polar surface area (TPSA) is 55.1 Å². The number of nitrogens with one attached hydrogen (secondary N) is 1. The third kappa shape index (κ3) is 2.33. The molecular weight excluding hydrogens is 188 g/mol. The van der Waals surface area contributed by atoms with E-state index in [2.05, 4.69) is 5.32 Å². The molecule has 2 aliphatic rings. The highest BCUT2D eigenvalue weighted by molar-refractivity contribution is 5.82. The summed E-state index contributed by atoms with van der Waals surface area (Å²) in [5, 5.41) is 2.99. The first-order valence-electron chi connectivity index (χ1n) is 6.27. The molecule has 0 saturated heterocycles. The smallest absolute Gasteiger partial charge is 0.223 e. The highest BCUT2D eigenvalue weighted by Crippen LogP contribution is 2.55. The Labute approximate surface area is 91.8 Å². The summed E-state index contributed by atoms with van der Waals surface area (Å²) in [6.45, 7) is 2.69. The third-order valence-corrected chi connectivity index (χ3v) is 4.02. The van der Waals surface area contributed by atoms with Gasteiger partial charge in [-0.2, -0.15) is 0 Å². The summed E-state index contributed by atoms with van der Waals surface area (Å²) in [5.74, 6) is 2.00. The van der Waals surface area contributed by atoms with Crippen LogP contribution < -0.4 is 11.1 Å².